The van der Waals surface area contributed by atoms with Crippen LogP contribution in [-0.4, -0.2) is 62.9 Å². The van der Waals surface area contributed by atoms with E-state index in [1.807, 2.05) is 6.92 Å². The van der Waals surface area contributed by atoms with Gasteiger partial charge in [-0.15, -0.1) is 0 Å². The van der Waals surface area contributed by atoms with E-state index in [1.54, 1.807) is 21.1 Å². The second-order valence-corrected chi connectivity index (χ2v) is 3.15. The highest BCUT2D eigenvalue weighted by Crippen LogP contribution is 1.84. The summed E-state index contributed by atoms with van der Waals surface area (Å²) >= 11 is 0. The fourth-order valence-electron chi connectivity index (χ4n) is 0.541. The van der Waals surface area contributed by atoms with E-state index in [0.29, 0.717) is 6.61 Å². The van der Waals surface area contributed by atoms with Gasteiger partial charge in [0.2, 0.25) is 0 Å². The van der Waals surface area contributed by atoms with Crippen LogP contribution in [-0.2, 0) is 19.0 Å². The number of esters is 1. The van der Waals surface area contributed by atoms with Gasteiger partial charge in [0.25, 0.3) is 0 Å². The predicted octanol–water partition coefficient (Wildman–Crippen LogP) is 0.206. The van der Waals surface area contributed by atoms with Gasteiger partial charge in [-0.05, 0) is 13.8 Å². The van der Waals surface area contributed by atoms with Crippen molar-refractivity contribution >= 4 is 5.97 Å². The molecule has 0 aromatic rings. The Kier molecular flexibility index (Phi) is 22.5. The number of hydrogen-bond donors (Lipinski definition) is 2. The monoisotopic (exact) mass is 254 g/mol. The molecule has 0 amide bonds. The summed E-state index contributed by atoms with van der Waals surface area (Å²) in [6, 6.07) is 0. The molecule has 106 valence electrons. The van der Waals surface area contributed by atoms with Gasteiger partial charge in [-0.25, -0.2) is 0 Å². The van der Waals surface area contributed by atoms with Gasteiger partial charge in [0, 0.05) is 28.3 Å². The van der Waals surface area contributed by atoms with Crippen LogP contribution in [0.3, 0.4) is 0 Å². The molecule has 0 aliphatic carbocycles. The molecule has 0 aliphatic heterocycles. The first-order valence-electron chi connectivity index (χ1n) is 5.21. The molecule has 0 aromatic carbocycles. The summed E-state index contributed by atoms with van der Waals surface area (Å²) < 4.78 is 14.0. The third-order valence-electron chi connectivity index (χ3n) is 1.33. The number of aliphatic hydroxyl groups excluding tert-OH is 2. The van der Waals surface area contributed by atoms with Gasteiger partial charge in [0.15, 0.2) is 0 Å². The van der Waals surface area contributed by atoms with E-state index in [1.165, 1.54) is 6.92 Å². The van der Waals surface area contributed by atoms with Crippen molar-refractivity contribution in [1.82, 2.24) is 0 Å². The molecule has 2 atom stereocenters. The Morgan fingerprint density at radius 2 is 1.65 bits per heavy atom. The van der Waals surface area contributed by atoms with Gasteiger partial charge in [-0.3, -0.25) is 4.79 Å². The number of carbonyl (C=O) groups is 1. The van der Waals surface area contributed by atoms with E-state index < -0.39 is 6.10 Å². The topological polar surface area (TPSA) is 85.2 Å². The molecule has 0 saturated carbocycles. The SMILES string of the molecule is CC(=O)OCC(C)O.CO.COCC(C)OC. The van der Waals surface area contributed by atoms with Crippen molar-refractivity contribution in [2.24, 2.45) is 0 Å². The van der Waals surface area contributed by atoms with Crippen LogP contribution in [0.2, 0.25) is 0 Å². The molecular weight excluding hydrogens is 228 g/mol. The highest BCUT2D eigenvalue weighted by Gasteiger charge is 1.96. The highest BCUT2D eigenvalue weighted by molar-refractivity contribution is 5.65. The highest BCUT2D eigenvalue weighted by atomic mass is 16.5. The molecule has 0 saturated heterocycles. The normalized spacial score (nSPS) is 12.2. The Morgan fingerprint density at radius 3 is 1.76 bits per heavy atom. The molecule has 0 fully saturated rings. The van der Waals surface area contributed by atoms with Crippen LogP contribution in [0, 0.1) is 0 Å². The van der Waals surface area contributed by atoms with E-state index in [-0.39, 0.29) is 18.7 Å². The van der Waals surface area contributed by atoms with Crippen LogP contribution in [0.4, 0.5) is 0 Å². The molecule has 0 radical (unpaired) electrons. The first-order valence-corrected chi connectivity index (χ1v) is 5.21. The third-order valence-corrected chi connectivity index (χ3v) is 1.33. The van der Waals surface area contributed by atoms with Gasteiger partial charge in [0.05, 0.1) is 18.8 Å². The fraction of sp³-hybridized carbons (Fsp3) is 0.909. The van der Waals surface area contributed by atoms with Crippen LogP contribution in [0.15, 0.2) is 0 Å². The summed E-state index contributed by atoms with van der Waals surface area (Å²) in [4.78, 5) is 10.0. The summed E-state index contributed by atoms with van der Waals surface area (Å²) in [5.74, 6) is -0.356. The maximum absolute atomic E-state index is 10.0. The molecule has 0 spiro atoms. The van der Waals surface area contributed by atoms with Crippen LogP contribution in [0.25, 0.3) is 0 Å². The molecule has 0 bridgehead atoms. The Labute approximate surface area is 103 Å². The average Bonchev–Trinajstić information content (AvgIpc) is 2.30. The van der Waals surface area contributed by atoms with Crippen molar-refractivity contribution in [1.29, 1.82) is 0 Å². The van der Waals surface area contributed by atoms with Crippen molar-refractivity contribution < 1.29 is 29.2 Å². The lowest BCUT2D eigenvalue weighted by molar-refractivity contribution is -0.143. The first kappa shape index (κ1) is 21.6. The number of methoxy groups -OCH3 is 2. The lowest BCUT2D eigenvalue weighted by atomic mass is 10.4. The first-order chi connectivity index (χ1) is 7.93. The van der Waals surface area contributed by atoms with Crippen LogP contribution < -0.4 is 0 Å². The standard InChI is InChI=1S/C5H10O3.C5H12O2.CH4O/c1-4(6)3-8-5(2)7;1-5(7-3)4-6-2;1-2/h4,6H,3H2,1-2H3;5H,4H2,1-3H3;2H,1H3. The minimum atomic E-state index is -0.557. The molecule has 0 heterocycles. The number of rotatable bonds is 5. The number of carbonyl (C=O) groups excluding carboxylic acids is 1. The number of aliphatic hydroxyl groups is 2. The zero-order chi connectivity index (χ0) is 14.3. The van der Waals surface area contributed by atoms with Gasteiger partial charge in [-0.1, -0.05) is 0 Å². The van der Waals surface area contributed by atoms with Crippen molar-refractivity contribution in [3.8, 4) is 0 Å². The van der Waals surface area contributed by atoms with Crippen molar-refractivity contribution in [3.05, 3.63) is 0 Å². The summed E-state index contributed by atoms with van der Waals surface area (Å²) in [6.45, 7) is 5.60. The summed E-state index contributed by atoms with van der Waals surface area (Å²) in [5, 5.41) is 15.5. The smallest absolute Gasteiger partial charge is 0.302 e. The van der Waals surface area contributed by atoms with Crippen molar-refractivity contribution in [2.45, 2.75) is 33.0 Å². The molecule has 6 heteroatoms. The minimum absolute atomic E-state index is 0.0926. The molecule has 6 nitrogen and oxygen atoms in total. The van der Waals surface area contributed by atoms with E-state index in [2.05, 4.69) is 4.74 Å². The lowest BCUT2D eigenvalue weighted by Crippen LogP contribution is -2.12. The number of hydrogen-bond acceptors (Lipinski definition) is 6. The van der Waals surface area contributed by atoms with Crippen LogP contribution in [0.5, 0.6) is 0 Å². The summed E-state index contributed by atoms with van der Waals surface area (Å²) in [5.41, 5.74) is 0. The average molecular weight is 254 g/mol. The Balaban J connectivity index is -0.000000202. The number of ether oxygens (including phenoxy) is 3. The Bertz CT molecular complexity index is 149. The lowest BCUT2D eigenvalue weighted by Gasteiger charge is -2.05. The molecule has 2 unspecified atom stereocenters. The largest absolute Gasteiger partial charge is 0.463 e. The minimum Gasteiger partial charge on any atom is -0.463 e. The van der Waals surface area contributed by atoms with Gasteiger partial charge in [-0.2, -0.15) is 0 Å². The summed E-state index contributed by atoms with van der Waals surface area (Å²) in [6.07, 6.45) is -0.330. The molecular formula is C11H26O6. The van der Waals surface area contributed by atoms with Crippen molar-refractivity contribution in [2.75, 3.05) is 34.5 Å². The van der Waals surface area contributed by atoms with E-state index >= 15 is 0 Å². The van der Waals surface area contributed by atoms with E-state index in [0.717, 1.165) is 7.11 Å². The Hall–Kier alpha value is -0.690. The fourth-order valence-corrected chi connectivity index (χ4v) is 0.541. The second-order valence-electron chi connectivity index (χ2n) is 3.15. The molecule has 0 aliphatic rings. The molecule has 0 aromatic heterocycles. The van der Waals surface area contributed by atoms with Crippen LogP contribution >= 0.6 is 0 Å². The zero-order valence-corrected chi connectivity index (χ0v) is 11.6. The van der Waals surface area contributed by atoms with Crippen molar-refractivity contribution in [3.63, 3.8) is 0 Å². The predicted molar refractivity (Wildman–Crippen MR) is 64.8 cm³/mol. The maximum atomic E-state index is 10.0. The molecule has 2 N–H and O–H groups in total. The maximum Gasteiger partial charge on any atom is 0.302 e. The van der Waals surface area contributed by atoms with Gasteiger partial charge < -0.3 is 24.4 Å². The second kappa shape index (κ2) is 17.7. The summed E-state index contributed by atoms with van der Waals surface area (Å²) in [7, 11) is 4.33. The zero-order valence-electron chi connectivity index (χ0n) is 11.6. The quantitative estimate of drug-likeness (QED) is 0.682. The van der Waals surface area contributed by atoms with Crippen LogP contribution in [0.1, 0.15) is 20.8 Å². The van der Waals surface area contributed by atoms with E-state index in [4.69, 9.17) is 19.7 Å². The van der Waals surface area contributed by atoms with E-state index in [9.17, 15) is 4.79 Å². The molecule has 17 heavy (non-hydrogen) atoms. The molecule has 0 rings (SSSR count). The third kappa shape index (κ3) is 31.3. The van der Waals surface area contributed by atoms with Gasteiger partial charge in [0.1, 0.15) is 6.61 Å². The Morgan fingerprint density at radius 1 is 1.18 bits per heavy atom. The van der Waals surface area contributed by atoms with Gasteiger partial charge >= 0.3 is 5.97 Å².